The van der Waals surface area contributed by atoms with E-state index in [9.17, 15) is 10.1 Å². The van der Waals surface area contributed by atoms with E-state index in [1.807, 2.05) is 6.07 Å². The topological polar surface area (TPSA) is 71.3 Å². The third kappa shape index (κ3) is 5.52. The highest BCUT2D eigenvalue weighted by Crippen LogP contribution is 2.37. The maximum atomic E-state index is 12.3. The summed E-state index contributed by atoms with van der Waals surface area (Å²) in [6, 6.07) is 11.6. The van der Waals surface area contributed by atoms with E-state index in [4.69, 9.17) is 32.7 Å². The van der Waals surface area contributed by atoms with E-state index >= 15 is 0 Å². The molecular formula is C20H16Cl2N2O3. The molecule has 0 atom stereocenters. The van der Waals surface area contributed by atoms with Crippen molar-refractivity contribution in [3.8, 4) is 17.6 Å². The van der Waals surface area contributed by atoms with Crippen molar-refractivity contribution in [3.63, 3.8) is 0 Å². The van der Waals surface area contributed by atoms with Crippen LogP contribution in [-0.4, -0.2) is 19.6 Å². The molecule has 0 saturated carbocycles. The third-order valence-corrected chi connectivity index (χ3v) is 3.91. The number of methoxy groups -OCH3 is 1. The summed E-state index contributed by atoms with van der Waals surface area (Å²) >= 11 is 12.1. The zero-order valence-electron chi connectivity index (χ0n) is 14.5. The van der Waals surface area contributed by atoms with Gasteiger partial charge in [0, 0.05) is 10.7 Å². The lowest BCUT2D eigenvalue weighted by Crippen LogP contribution is -2.13. The highest BCUT2D eigenvalue weighted by atomic mass is 35.5. The van der Waals surface area contributed by atoms with E-state index in [-0.39, 0.29) is 17.2 Å². The molecule has 2 aromatic carbocycles. The number of rotatable bonds is 7. The van der Waals surface area contributed by atoms with Gasteiger partial charge in [-0.05, 0) is 48.0 Å². The van der Waals surface area contributed by atoms with Crippen LogP contribution < -0.4 is 14.8 Å². The van der Waals surface area contributed by atoms with Gasteiger partial charge in [-0.15, -0.1) is 0 Å². The fourth-order valence-corrected chi connectivity index (χ4v) is 2.55. The van der Waals surface area contributed by atoms with Gasteiger partial charge in [0.2, 0.25) is 0 Å². The van der Waals surface area contributed by atoms with Crippen LogP contribution in [0.25, 0.3) is 6.08 Å². The van der Waals surface area contributed by atoms with Gasteiger partial charge in [0.25, 0.3) is 5.91 Å². The van der Waals surface area contributed by atoms with E-state index in [1.54, 1.807) is 42.5 Å². The Labute approximate surface area is 167 Å². The second-order valence-electron chi connectivity index (χ2n) is 5.26. The molecule has 2 aromatic rings. The standard InChI is InChI=1S/C20H16Cl2N2O3/c1-3-8-27-19-17(22)10-13(11-18(19)26-2)9-14(12-23)20(25)24-16-6-4-15(21)5-7-16/h3-7,9-11H,1,8H2,2H3,(H,24,25)/b14-9-. The normalized spacial score (nSPS) is 10.7. The SMILES string of the molecule is C=CCOc1c(Cl)cc(/C=C(/C#N)C(=O)Nc2ccc(Cl)cc2)cc1OC. The number of ether oxygens (including phenoxy) is 2. The van der Waals surface area contributed by atoms with E-state index in [0.717, 1.165) is 0 Å². The number of nitrogens with zero attached hydrogens (tertiary/aromatic N) is 1. The van der Waals surface area contributed by atoms with Crippen LogP contribution in [-0.2, 0) is 4.79 Å². The summed E-state index contributed by atoms with van der Waals surface area (Å²) in [6.07, 6.45) is 3.00. The van der Waals surface area contributed by atoms with E-state index in [0.29, 0.717) is 27.8 Å². The summed E-state index contributed by atoms with van der Waals surface area (Å²) < 4.78 is 10.8. The van der Waals surface area contributed by atoms with Crippen molar-refractivity contribution in [2.45, 2.75) is 0 Å². The lowest BCUT2D eigenvalue weighted by molar-refractivity contribution is -0.112. The smallest absolute Gasteiger partial charge is 0.266 e. The largest absolute Gasteiger partial charge is 0.493 e. The lowest BCUT2D eigenvalue weighted by Gasteiger charge is -2.12. The number of carbonyl (C=O) groups excluding carboxylic acids is 1. The van der Waals surface area contributed by atoms with Crippen LogP contribution >= 0.6 is 23.2 Å². The molecule has 0 aliphatic heterocycles. The van der Waals surface area contributed by atoms with Crippen LogP contribution in [0, 0.1) is 11.3 Å². The van der Waals surface area contributed by atoms with Gasteiger partial charge < -0.3 is 14.8 Å². The van der Waals surface area contributed by atoms with Gasteiger partial charge in [0.1, 0.15) is 18.2 Å². The van der Waals surface area contributed by atoms with Crippen molar-refractivity contribution < 1.29 is 14.3 Å². The van der Waals surface area contributed by atoms with Gasteiger partial charge in [-0.2, -0.15) is 5.26 Å². The predicted octanol–water partition coefficient (Wildman–Crippen LogP) is 5.11. The number of nitrogens with one attached hydrogen (secondary N) is 1. The zero-order valence-corrected chi connectivity index (χ0v) is 16.0. The summed E-state index contributed by atoms with van der Waals surface area (Å²) in [6.45, 7) is 3.84. The van der Waals surface area contributed by atoms with Gasteiger partial charge in [-0.25, -0.2) is 0 Å². The number of amides is 1. The molecule has 7 heteroatoms. The minimum atomic E-state index is -0.554. The van der Waals surface area contributed by atoms with Crippen LogP contribution in [0.1, 0.15) is 5.56 Å². The molecule has 0 fully saturated rings. The molecule has 2 rings (SSSR count). The Balaban J connectivity index is 2.29. The maximum Gasteiger partial charge on any atom is 0.266 e. The minimum Gasteiger partial charge on any atom is -0.493 e. The average Bonchev–Trinajstić information content (AvgIpc) is 2.66. The third-order valence-electron chi connectivity index (χ3n) is 3.38. The molecule has 5 nitrogen and oxygen atoms in total. The van der Waals surface area contributed by atoms with Crippen molar-refractivity contribution in [1.29, 1.82) is 5.26 Å². The van der Waals surface area contributed by atoms with Crippen molar-refractivity contribution in [2.24, 2.45) is 0 Å². The Morgan fingerprint density at radius 1 is 1.30 bits per heavy atom. The van der Waals surface area contributed by atoms with E-state index in [2.05, 4.69) is 11.9 Å². The molecular weight excluding hydrogens is 387 g/mol. The van der Waals surface area contributed by atoms with Crippen LogP contribution in [0.2, 0.25) is 10.0 Å². The fourth-order valence-electron chi connectivity index (χ4n) is 2.15. The first kappa shape index (κ1) is 20.4. The lowest BCUT2D eigenvalue weighted by atomic mass is 10.1. The molecule has 0 saturated heterocycles. The first-order valence-electron chi connectivity index (χ1n) is 7.78. The van der Waals surface area contributed by atoms with Crippen LogP contribution in [0.5, 0.6) is 11.5 Å². The highest BCUT2D eigenvalue weighted by molar-refractivity contribution is 6.32. The molecule has 0 heterocycles. The number of benzene rings is 2. The minimum absolute atomic E-state index is 0.0946. The van der Waals surface area contributed by atoms with Gasteiger partial charge in [-0.3, -0.25) is 4.79 Å². The second-order valence-corrected chi connectivity index (χ2v) is 6.11. The second kappa shape index (κ2) is 9.67. The Morgan fingerprint density at radius 2 is 2.00 bits per heavy atom. The highest BCUT2D eigenvalue weighted by Gasteiger charge is 2.14. The van der Waals surface area contributed by atoms with Gasteiger partial charge in [-0.1, -0.05) is 35.9 Å². The summed E-state index contributed by atoms with van der Waals surface area (Å²) in [5, 5.41) is 12.8. The first-order chi connectivity index (χ1) is 13.0. The zero-order chi connectivity index (χ0) is 19.8. The van der Waals surface area contributed by atoms with Crippen LogP contribution in [0.4, 0.5) is 5.69 Å². The molecule has 1 amide bonds. The van der Waals surface area contributed by atoms with Gasteiger partial charge in [0.15, 0.2) is 11.5 Å². The molecule has 0 unspecified atom stereocenters. The molecule has 27 heavy (non-hydrogen) atoms. The van der Waals surface area contributed by atoms with Crippen LogP contribution in [0.3, 0.4) is 0 Å². The molecule has 0 aromatic heterocycles. The van der Waals surface area contributed by atoms with E-state index < -0.39 is 5.91 Å². The molecule has 0 radical (unpaired) electrons. The van der Waals surface area contributed by atoms with Crippen LogP contribution in [0.15, 0.2) is 54.6 Å². The Hall–Kier alpha value is -2.94. The van der Waals surface area contributed by atoms with E-state index in [1.165, 1.54) is 13.2 Å². The Bertz CT molecular complexity index is 916. The average molecular weight is 403 g/mol. The summed E-state index contributed by atoms with van der Waals surface area (Å²) in [4.78, 5) is 12.3. The molecule has 1 N–H and O–H groups in total. The number of hydrogen-bond acceptors (Lipinski definition) is 4. The predicted molar refractivity (Wildman–Crippen MR) is 107 cm³/mol. The first-order valence-corrected chi connectivity index (χ1v) is 8.54. The monoisotopic (exact) mass is 402 g/mol. The van der Waals surface area contributed by atoms with Gasteiger partial charge >= 0.3 is 0 Å². The van der Waals surface area contributed by atoms with Crippen molar-refractivity contribution in [2.75, 3.05) is 19.0 Å². The molecule has 0 aliphatic carbocycles. The molecule has 138 valence electrons. The quantitative estimate of drug-likeness (QED) is 0.396. The Kier molecular flexibility index (Phi) is 7.30. The summed E-state index contributed by atoms with van der Waals surface area (Å²) in [5.74, 6) is 0.188. The number of anilines is 1. The van der Waals surface area contributed by atoms with Crippen molar-refractivity contribution in [3.05, 3.63) is 70.2 Å². The van der Waals surface area contributed by atoms with Crippen molar-refractivity contribution in [1.82, 2.24) is 0 Å². The van der Waals surface area contributed by atoms with Gasteiger partial charge in [0.05, 0.1) is 12.1 Å². The molecule has 0 bridgehead atoms. The number of nitriles is 1. The number of carbonyl (C=O) groups is 1. The molecule has 0 spiro atoms. The summed E-state index contributed by atoms with van der Waals surface area (Å²) in [7, 11) is 1.47. The fraction of sp³-hybridized carbons (Fsp3) is 0.100. The summed E-state index contributed by atoms with van der Waals surface area (Å²) in [5.41, 5.74) is 0.947. The Morgan fingerprint density at radius 3 is 2.59 bits per heavy atom. The number of halogens is 2. The van der Waals surface area contributed by atoms with Crippen molar-refractivity contribution >= 4 is 40.9 Å². The molecule has 0 aliphatic rings. The number of hydrogen-bond donors (Lipinski definition) is 1. The maximum absolute atomic E-state index is 12.3.